The van der Waals surface area contributed by atoms with Crippen LogP contribution in [0.25, 0.3) is 0 Å². The number of allylic oxidation sites excluding steroid dienone is 2. The van der Waals surface area contributed by atoms with Gasteiger partial charge in [0.15, 0.2) is 0 Å². The largest absolute Gasteiger partial charge is 0.338 e. The maximum atomic E-state index is 11.6. The average Bonchev–Trinajstić information content (AvgIpc) is 2.81. The van der Waals surface area contributed by atoms with Gasteiger partial charge in [0.05, 0.1) is 0 Å². The average molecular weight is 222 g/mol. The minimum absolute atomic E-state index is 0.0291. The third-order valence-corrected chi connectivity index (χ3v) is 3.62. The van der Waals surface area contributed by atoms with Crippen LogP contribution in [0.15, 0.2) is 12.2 Å². The lowest BCUT2D eigenvalue weighted by molar-refractivity contribution is 0.234. The molecule has 1 atom stereocenters. The van der Waals surface area contributed by atoms with E-state index in [1.165, 1.54) is 19.3 Å². The molecule has 2 N–H and O–H groups in total. The summed E-state index contributed by atoms with van der Waals surface area (Å²) in [5.74, 6) is 0.638. The molecular formula is C13H22N2O. The highest BCUT2D eigenvalue weighted by Crippen LogP contribution is 2.18. The van der Waals surface area contributed by atoms with Gasteiger partial charge in [0.2, 0.25) is 0 Å². The molecule has 2 aliphatic carbocycles. The van der Waals surface area contributed by atoms with Gasteiger partial charge in [-0.05, 0) is 38.0 Å². The maximum Gasteiger partial charge on any atom is 0.315 e. The molecule has 0 aliphatic heterocycles. The van der Waals surface area contributed by atoms with E-state index >= 15 is 0 Å². The van der Waals surface area contributed by atoms with Crippen LogP contribution in [0, 0.1) is 5.92 Å². The van der Waals surface area contributed by atoms with Crippen molar-refractivity contribution in [3.8, 4) is 0 Å². The molecule has 0 aromatic heterocycles. The molecule has 0 radical (unpaired) electrons. The molecule has 0 spiro atoms. The van der Waals surface area contributed by atoms with Gasteiger partial charge in [-0.2, -0.15) is 0 Å². The van der Waals surface area contributed by atoms with Crippen molar-refractivity contribution in [2.75, 3.05) is 6.54 Å². The number of amides is 2. The summed E-state index contributed by atoms with van der Waals surface area (Å²) in [5, 5.41) is 6.05. The van der Waals surface area contributed by atoms with Crippen molar-refractivity contribution in [2.45, 2.75) is 51.0 Å². The first kappa shape index (κ1) is 11.5. The fourth-order valence-corrected chi connectivity index (χ4v) is 2.59. The molecule has 2 rings (SSSR count). The highest BCUT2D eigenvalue weighted by molar-refractivity contribution is 5.74. The van der Waals surface area contributed by atoms with E-state index in [-0.39, 0.29) is 6.03 Å². The van der Waals surface area contributed by atoms with E-state index in [2.05, 4.69) is 22.8 Å². The minimum atomic E-state index is 0.0291. The molecule has 2 aliphatic rings. The zero-order valence-corrected chi connectivity index (χ0v) is 9.87. The molecular weight excluding hydrogens is 200 g/mol. The normalized spacial score (nSPS) is 25.6. The Morgan fingerprint density at radius 2 is 2.00 bits per heavy atom. The first-order valence-corrected chi connectivity index (χ1v) is 6.54. The summed E-state index contributed by atoms with van der Waals surface area (Å²) in [6, 6.07) is 0.452. The van der Waals surface area contributed by atoms with E-state index in [0.29, 0.717) is 12.0 Å². The Kier molecular flexibility index (Phi) is 4.25. The Bertz CT molecular complexity index is 257. The van der Waals surface area contributed by atoms with Gasteiger partial charge in [-0.15, -0.1) is 0 Å². The predicted molar refractivity (Wildman–Crippen MR) is 65.3 cm³/mol. The van der Waals surface area contributed by atoms with Gasteiger partial charge in [-0.25, -0.2) is 4.79 Å². The van der Waals surface area contributed by atoms with Crippen molar-refractivity contribution in [3.05, 3.63) is 12.2 Å². The Hall–Kier alpha value is -0.990. The van der Waals surface area contributed by atoms with E-state index in [1.807, 2.05) is 0 Å². The molecule has 1 fully saturated rings. The minimum Gasteiger partial charge on any atom is -0.338 e. The first-order chi connectivity index (χ1) is 7.84. The van der Waals surface area contributed by atoms with Crippen molar-refractivity contribution in [1.82, 2.24) is 10.6 Å². The second-order valence-corrected chi connectivity index (χ2v) is 4.99. The van der Waals surface area contributed by atoms with Crippen LogP contribution in [0.4, 0.5) is 4.79 Å². The molecule has 1 saturated carbocycles. The third-order valence-electron chi connectivity index (χ3n) is 3.62. The highest BCUT2D eigenvalue weighted by Gasteiger charge is 2.17. The Morgan fingerprint density at radius 3 is 2.69 bits per heavy atom. The molecule has 3 nitrogen and oxygen atoms in total. The Morgan fingerprint density at radius 1 is 1.19 bits per heavy atom. The fourth-order valence-electron chi connectivity index (χ4n) is 2.59. The summed E-state index contributed by atoms with van der Waals surface area (Å²) >= 11 is 0. The second-order valence-electron chi connectivity index (χ2n) is 4.99. The summed E-state index contributed by atoms with van der Waals surface area (Å²) in [7, 11) is 0. The van der Waals surface area contributed by atoms with Crippen molar-refractivity contribution in [2.24, 2.45) is 5.92 Å². The van der Waals surface area contributed by atoms with Crippen LogP contribution >= 0.6 is 0 Å². The summed E-state index contributed by atoms with van der Waals surface area (Å²) in [6.45, 7) is 0.822. The van der Waals surface area contributed by atoms with Crippen LogP contribution in [-0.2, 0) is 0 Å². The molecule has 1 unspecified atom stereocenters. The van der Waals surface area contributed by atoms with E-state index in [9.17, 15) is 4.79 Å². The molecule has 16 heavy (non-hydrogen) atoms. The lowest BCUT2D eigenvalue weighted by atomic mass is 9.94. The van der Waals surface area contributed by atoms with Crippen molar-refractivity contribution in [1.29, 1.82) is 0 Å². The highest BCUT2D eigenvalue weighted by atomic mass is 16.2. The smallest absolute Gasteiger partial charge is 0.315 e. The van der Waals surface area contributed by atoms with Crippen LogP contribution in [0.1, 0.15) is 44.9 Å². The monoisotopic (exact) mass is 222 g/mol. The zero-order valence-electron chi connectivity index (χ0n) is 9.87. The van der Waals surface area contributed by atoms with Gasteiger partial charge in [0, 0.05) is 12.6 Å². The van der Waals surface area contributed by atoms with Crippen molar-refractivity contribution >= 4 is 6.03 Å². The standard InChI is InChI=1S/C13H22N2O/c16-13(15-12-8-4-5-9-12)14-10-11-6-2-1-3-7-11/h1-2,11-12H,3-10H2,(H2,14,15,16). The molecule has 3 heteroatoms. The molecule has 0 saturated heterocycles. The third kappa shape index (κ3) is 3.54. The lowest BCUT2D eigenvalue weighted by Crippen LogP contribution is -2.42. The molecule has 0 heterocycles. The van der Waals surface area contributed by atoms with E-state index in [4.69, 9.17) is 0 Å². The van der Waals surface area contributed by atoms with Crippen LogP contribution in [0.3, 0.4) is 0 Å². The van der Waals surface area contributed by atoms with Crippen LogP contribution in [0.5, 0.6) is 0 Å². The van der Waals surface area contributed by atoms with E-state index in [0.717, 1.165) is 32.2 Å². The molecule has 0 bridgehead atoms. The molecule has 0 aromatic carbocycles. The summed E-state index contributed by atoms with van der Waals surface area (Å²) in [6.07, 6.45) is 12.8. The van der Waals surface area contributed by atoms with Gasteiger partial charge in [-0.1, -0.05) is 25.0 Å². The molecule has 0 aromatic rings. The number of nitrogens with one attached hydrogen (secondary N) is 2. The number of hydrogen-bond acceptors (Lipinski definition) is 1. The zero-order chi connectivity index (χ0) is 11.2. The SMILES string of the molecule is O=C(NCC1CC=CCC1)NC1CCCC1. The van der Waals surface area contributed by atoms with E-state index in [1.54, 1.807) is 0 Å². The van der Waals surface area contributed by atoms with Crippen LogP contribution < -0.4 is 10.6 Å². The maximum absolute atomic E-state index is 11.6. The number of urea groups is 1. The number of rotatable bonds is 3. The lowest BCUT2D eigenvalue weighted by Gasteiger charge is -2.19. The van der Waals surface area contributed by atoms with Crippen molar-refractivity contribution in [3.63, 3.8) is 0 Å². The quantitative estimate of drug-likeness (QED) is 0.708. The number of carbonyl (C=O) groups is 1. The first-order valence-electron chi connectivity index (χ1n) is 6.54. The van der Waals surface area contributed by atoms with Gasteiger partial charge in [0.1, 0.15) is 0 Å². The number of carbonyl (C=O) groups excluding carboxylic acids is 1. The summed E-state index contributed by atoms with van der Waals surface area (Å²) in [5.41, 5.74) is 0. The van der Waals surface area contributed by atoms with Crippen LogP contribution in [0.2, 0.25) is 0 Å². The van der Waals surface area contributed by atoms with Gasteiger partial charge < -0.3 is 10.6 Å². The van der Waals surface area contributed by atoms with Crippen molar-refractivity contribution < 1.29 is 4.79 Å². The Balaban J connectivity index is 1.61. The van der Waals surface area contributed by atoms with Gasteiger partial charge in [0.25, 0.3) is 0 Å². The van der Waals surface area contributed by atoms with Crippen LogP contribution in [-0.4, -0.2) is 18.6 Å². The number of hydrogen-bond donors (Lipinski definition) is 2. The topological polar surface area (TPSA) is 41.1 Å². The predicted octanol–water partition coefficient (Wildman–Crippen LogP) is 2.58. The van der Waals surface area contributed by atoms with Gasteiger partial charge in [-0.3, -0.25) is 0 Å². The molecule has 2 amide bonds. The summed E-state index contributed by atoms with van der Waals surface area (Å²) < 4.78 is 0. The summed E-state index contributed by atoms with van der Waals surface area (Å²) in [4.78, 5) is 11.6. The van der Waals surface area contributed by atoms with Gasteiger partial charge >= 0.3 is 6.03 Å². The van der Waals surface area contributed by atoms with E-state index < -0.39 is 0 Å². The fraction of sp³-hybridized carbons (Fsp3) is 0.769. The molecule has 90 valence electrons. The Labute approximate surface area is 97.7 Å². The second kappa shape index (κ2) is 5.92.